The van der Waals surface area contributed by atoms with Gasteiger partial charge in [-0.15, -0.1) is 0 Å². The zero-order valence-corrected chi connectivity index (χ0v) is 11.2. The summed E-state index contributed by atoms with van der Waals surface area (Å²) < 4.78 is 5.49. The first-order valence-corrected chi connectivity index (χ1v) is 6.55. The first-order chi connectivity index (χ1) is 9.10. The molecule has 0 aromatic carbocycles. The lowest BCUT2D eigenvalue weighted by atomic mass is 10.2. The molecular weight excluding hydrogens is 270 g/mol. The van der Waals surface area contributed by atoms with Gasteiger partial charge in [0.1, 0.15) is 5.69 Å². The van der Waals surface area contributed by atoms with Crippen molar-refractivity contribution in [1.29, 1.82) is 0 Å². The minimum Gasteiger partial charge on any atom is -0.394 e. The number of ether oxygens (including phenoxy) is 1. The summed E-state index contributed by atoms with van der Waals surface area (Å²) in [5.41, 5.74) is 11.8. The molecule has 2 rings (SSSR count). The summed E-state index contributed by atoms with van der Waals surface area (Å²) in [4.78, 5) is 7.82. The maximum atomic E-state index is 8.72. The largest absolute Gasteiger partial charge is 0.394 e. The number of nitrogens with one attached hydrogen (secondary N) is 1. The Bertz CT molecular complexity index is 445. The van der Waals surface area contributed by atoms with Gasteiger partial charge in [-0.1, -0.05) is 0 Å². The highest BCUT2D eigenvalue weighted by Crippen LogP contribution is 2.29. The first-order valence-electron chi connectivity index (χ1n) is 6.17. The van der Waals surface area contributed by atoms with Gasteiger partial charge in [0, 0.05) is 6.04 Å². The molecule has 0 amide bonds. The lowest BCUT2D eigenvalue weighted by Crippen LogP contribution is -2.20. The number of halogens is 1. The third-order valence-corrected chi connectivity index (χ3v) is 3.29. The van der Waals surface area contributed by atoms with Gasteiger partial charge in [0.25, 0.3) is 0 Å². The second-order valence-electron chi connectivity index (χ2n) is 4.51. The van der Waals surface area contributed by atoms with Crippen LogP contribution in [-0.2, 0) is 4.74 Å². The Hall–Kier alpha value is -1.31. The molecule has 0 aliphatic heterocycles. The highest BCUT2D eigenvalue weighted by Gasteiger charge is 2.26. The summed E-state index contributed by atoms with van der Waals surface area (Å²) in [6, 6.07) is 0.205. The van der Waals surface area contributed by atoms with Gasteiger partial charge in [0.05, 0.1) is 19.3 Å². The molecule has 1 aliphatic rings. The molecule has 1 aromatic heterocycles. The fourth-order valence-electron chi connectivity index (χ4n) is 2.20. The second kappa shape index (κ2) is 6.23. The number of rotatable bonds is 5. The highest BCUT2D eigenvalue weighted by atomic mass is 35.5. The third-order valence-electron chi connectivity index (χ3n) is 3.12. The molecule has 0 radical (unpaired) electrons. The molecule has 106 valence electrons. The van der Waals surface area contributed by atoms with Gasteiger partial charge >= 0.3 is 0 Å². The van der Waals surface area contributed by atoms with E-state index in [4.69, 9.17) is 32.9 Å². The number of anilines is 3. The summed E-state index contributed by atoms with van der Waals surface area (Å²) in [6.07, 6.45) is 2.87. The molecule has 0 bridgehead atoms. The van der Waals surface area contributed by atoms with E-state index in [1.54, 1.807) is 0 Å². The van der Waals surface area contributed by atoms with Gasteiger partial charge in [-0.3, -0.25) is 0 Å². The van der Waals surface area contributed by atoms with Gasteiger partial charge in [0.2, 0.25) is 5.28 Å². The number of nitrogens with zero attached hydrogens (tertiary/aromatic N) is 2. The average Bonchev–Trinajstić information content (AvgIpc) is 2.80. The van der Waals surface area contributed by atoms with Crippen molar-refractivity contribution in [2.45, 2.75) is 31.4 Å². The van der Waals surface area contributed by atoms with Crippen LogP contribution in [0.15, 0.2) is 0 Å². The lowest BCUT2D eigenvalue weighted by Gasteiger charge is -2.16. The van der Waals surface area contributed by atoms with Crippen LogP contribution in [0.3, 0.4) is 0 Å². The predicted molar refractivity (Wildman–Crippen MR) is 74.0 cm³/mol. The summed E-state index contributed by atoms with van der Waals surface area (Å²) in [5, 5.41) is 12.0. The van der Waals surface area contributed by atoms with Gasteiger partial charge in [-0.2, -0.15) is 9.97 Å². The van der Waals surface area contributed by atoms with Gasteiger partial charge in [0.15, 0.2) is 11.6 Å². The average molecular weight is 288 g/mol. The molecule has 1 heterocycles. The van der Waals surface area contributed by atoms with Crippen molar-refractivity contribution in [3.8, 4) is 0 Å². The number of hydrogen-bond donors (Lipinski definition) is 4. The van der Waals surface area contributed by atoms with E-state index in [1.165, 1.54) is 0 Å². The first kappa shape index (κ1) is 14.1. The number of aromatic nitrogens is 2. The molecule has 6 N–H and O–H groups in total. The van der Waals surface area contributed by atoms with Crippen LogP contribution in [0.4, 0.5) is 17.3 Å². The number of nitrogen functional groups attached to an aromatic ring is 2. The van der Waals surface area contributed by atoms with E-state index in [0.717, 1.165) is 19.3 Å². The maximum Gasteiger partial charge on any atom is 0.226 e. The van der Waals surface area contributed by atoms with Crippen molar-refractivity contribution >= 4 is 28.9 Å². The Balaban J connectivity index is 1.95. The molecule has 2 unspecified atom stereocenters. The van der Waals surface area contributed by atoms with E-state index < -0.39 is 0 Å². The quantitative estimate of drug-likeness (QED) is 0.587. The minimum absolute atomic E-state index is 0.0413. The van der Waals surface area contributed by atoms with Crippen molar-refractivity contribution in [2.75, 3.05) is 30.0 Å². The van der Waals surface area contributed by atoms with Crippen LogP contribution in [0.2, 0.25) is 5.28 Å². The van der Waals surface area contributed by atoms with Crippen molar-refractivity contribution in [3.63, 3.8) is 0 Å². The van der Waals surface area contributed by atoms with E-state index in [-0.39, 0.29) is 29.9 Å². The molecular formula is C11H18ClN5O2. The van der Waals surface area contributed by atoms with Gasteiger partial charge < -0.3 is 26.6 Å². The molecule has 1 aliphatic carbocycles. The van der Waals surface area contributed by atoms with E-state index in [2.05, 4.69) is 15.3 Å². The molecule has 1 aromatic rings. The monoisotopic (exact) mass is 287 g/mol. The Morgan fingerprint density at radius 2 is 2.16 bits per heavy atom. The number of hydrogen-bond acceptors (Lipinski definition) is 7. The highest BCUT2D eigenvalue weighted by molar-refractivity contribution is 6.28. The van der Waals surface area contributed by atoms with E-state index in [1.807, 2.05) is 0 Å². The number of aliphatic hydroxyl groups is 1. The van der Waals surface area contributed by atoms with Crippen molar-refractivity contribution in [3.05, 3.63) is 5.28 Å². The molecule has 0 spiro atoms. The summed E-state index contributed by atoms with van der Waals surface area (Å²) >= 11 is 5.75. The zero-order valence-electron chi connectivity index (χ0n) is 10.5. The van der Waals surface area contributed by atoms with Crippen molar-refractivity contribution < 1.29 is 9.84 Å². The maximum absolute atomic E-state index is 8.72. The molecule has 8 heteroatoms. The fraction of sp³-hybridized carbons (Fsp3) is 0.636. The Labute approximate surface area is 116 Å². The van der Waals surface area contributed by atoms with Crippen molar-refractivity contribution in [2.24, 2.45) is 0 Å². The minimum atomic E-state index is 0.0413. The van der Waals surface area contributed by atoms with E-state index in [9.17, 15) is 0 Å². The molecule has 2 atom stereocenters. The van der Waals surface area contributed by atoms with Crippen LogP contribution >= 0.6 is 11.6 Å². The van der Waals surface area contributed by atoms with Crippen LogP contribution in [-0.4, -0.2) is 40.4 Å². The van der Waals surface area contributed by atoms with Gasteiger partial charge in [-0.25, -0.2) is 0 Å². The molecule has 19 heavy (non-hydrogen) atoms. The zero-order chi connectivity index (χ0) is 13.8. The molecule has 0 saturated heterocycles. The molecule has 1 saturated carbocycles. The topological polar surface area (TPSA) is 119 Å². The predicted octanol–water partition coefficient (Wildman–Crippen LogP) is 0.636. The molecule has 7 nitrogen and oxygen atoms in total. The standard InChI is InChI=1S/C11H18ClN5O2/c12-11-16-9(14)8(13)10(17-11)15-6-1-2-7(5-6)19-4-3-18/h6-7,18H,1-5,13H2,(H3,14,15,16,17). The second-order valence-corrected chi connectivity index (χ2v) is 4.85. The lowest BCUT2D eigenvalue weighted by molar-refractivity contribution is 0.0326. The van der Waals surface area contributed by atoms with Gasteiger partial charge in [-0.05, 0) is 30.9 Å². The van der Waals surface area contributed by atoms with Crippen LogP contribution in [0, 0.1) is 0 Å². The molecule has 1 fully saturated rings. The van der Waals surface area contributed by atoms with Crippen LogP contribution < -0.4 is 16.8 Å². The van der Waals surface area contributed by atoms with Crippen LogP contribution in [0.5, 0.6) is 0 Å². The third kappa shape index (κ3) is 3.59. The van der Waals surface area contributed by atoms with Crippen LogP contribution in [0.1, 0.15) is 19.3 Å². The number of aliphatic hydroxyl groups excluding tert-OH is 1. The van der Waals surface area contributed by atoms with E-state index >= 15 is 0 Å². The summed E-state index contributed by atoms with van der Waals surface area (Å²) in [6.45, 7) is 0.408. The Morgan fingerprint density at radius 1 is 1.37 bits per heavy atom. The normalized spacial score (nSPS) is 22.6. The summed E-state index contributed by atoms with van der Waals surface area (Å²) in [7, 11) is 0. The fourth-order valence-corrected chi connectivity index (χ4v) is 2.38. The SMILES string of the molecule is Nc1nc(Cl)nc(NC2CCC(OCCO)C2)c1N. The smallest absolute Gasteiger partial charge is 0.226 e. The van der Waals surface area contributed by atoms with Crippen LogP contribution in [0.25, 0.3) is 0 Å². The number of nitrogens with two attached hydrogens (primary N) is 2. The Morgan fingerprint density at radius 3 is 2.89 bits per heavy atom. The van der Waals surface area contributed by atoms with Crippen molar-refractivity contribution in [1.82, 2.24) is 9.97 Å². The Kier molecular flexibility index (Phi) is 4.62. The van der Waals surface area contributed by atoms with E-state index in [0.29, 0.717) is 18.1 Å². The summed E-state index contributed by atoms with van der Waals surface area (Å²) in [5.74, 6) is 0.638.